The van der Waals surface area contributed by atoms with Gasteiger partial charge in [0.2, 0.25) is 5.88 Å². The lowest BCUT2D eigenvalue weighted by molar-refractivity contribution is -0.139. The van der Waals surface area contributed by atoms with Crippen molar-refractivity contribution < 1.29 is 27.8 Å². The van der Waals surface area contributed by atoms with Gasteiger partial charge in [-0.3, -0.25) is 0 Å². The third-order valence-electron chi connectivity index (χ3n) is 3.56. The highest BCUT2D eigenvalue weighted by atomic mass is 19.4. The number of carboxylic acids is 1. The second-order valence-corrected chi connectivity index (χ2v) is 5.07. The number of halogens is 3. The molecule has 0 spiro atoms. The molecule has 23 heavy (non-hydrogen) atoms. The predicted octanol–water partition coefficient (Wildman–Crippen LogP) is 3.52. The molecule has 0 aliphatic heterocycles. The molecule has 0 amide bonds. The van der Waals surface area contributed by atoms with Crippen molar-refractivity contribution in [2.24, 2.45) is 0 Å². The smallest absolute Gasteiger partial charge is 0.421 e. The van der Waals surface area contributed by atoms with Crippen LogP contribution < -0.4 is 4.74 Å². The van der Waals surface area contributed by atoms with Crippen LogP contribution >= 0.6 is 0 Å². The lowest BCUT2D eigenvalue weighted by Gasteiger charge is -2.21. The molecule has 2 heterocycles. The minimum Gasteiger partial charge on any atom is -0.481 e. The Bertz CT molecular complexity index is 760. The molecule has 0 saturated carbocycles. The van der Waals surface area contributed by atoms with E-state index < -0.39 is 29.3 Å². The fraction of sp³-hybridized carbons (Fsp3) is 0.333. The number of aryl methyl sites for hydroxylation is 2. The second-order valence-electron chi connectivity index (χ2n) is 5.07. The number of alkyl halides is 3. The van der Waals surface area contributed by atoms with Gasteiger partial charge in [-0.2, -0.15) is 13.2 Å². The van der Waals surface area contributed by atoms with E-state index in [0.29, 0.717) is 11.4 Å². The van der Waals surface area contributed by atoms with E-state index in [1.54, 1.807) is 26.0 Å². The molecule has 2 aromatic rings. The Kier molecular flexibility index (Phi) is 4.10. The zero-order valence-corrected chi connectivity index (χ0v) is 12.9. The van der Waals surface area contributed by atoms with Gasteiger partial charge < -0.3 is 14.4 Å². The van der Waals surface area contributed by atoms with E-state index in [9.17, 15) is 23.1 Å². The van der Waals surface area contributed by atoms with E-state index in [4.69, 9.17) is 0 Å². The molecule has 8 heteroatoms. The number of aromatic nitrogens is 2. The van der Waals surface area contributed by atoms with E-state index in [1.165, 1.54) is 11.5 Å². The molecule has 0 aromatic carbocycles. The first-order valence-corrected chi connectivity index (χ1v) is 6.64. The van der Waals surface area contributed by atoms with Crippen molar-refractivity contribution >= 4 is 5.97 Å². The minimum absolute atomic E-state index is 0.106. The number of hydrogen-bond acceptors (Lipinski definition) is 3. The summed E-state index contributed by atoms with van der Waals surface area (Å²) in [5.41, 5.74) is -0.710. The molecule has 0 atom stereocenters. The second kappa shape index (κ2) is 5.60. The molecule has 1 N–H and O–H groups in total. The number of rotatable bonds is 3. The number of carbonyl (C=O) groups is 1. The van der Waals surface area contributed by atoms with Crippen molar-refractivity contribution in [3.8, 4) is 11.6 Å². The van der Waals surface area contributed by atoms with Gasteiger partial charge in [0.05, 0.1) is 12.8 Å². The third kappa shape index (κ3) is 2.76. The average Bonchev–Trinajstić information content (AvgIpc) is 2.75. The van der Waals surface area contributed by atoms with Crippen molar-refractivity contribution in [3.05, 3.63) is 40.3 Å². The predicted molar refractivity (Wildman–Crippen MR) is 76.3 cm³/mol. The maximum absolute atomic E-state index is 13.4. The Labute approximate surface area is 130 Å². The molecule has 0 aliphatic rings. The van der Waals surface area contributed by atoms with Crippen molar-refractivity contribution in [1.29, 1.82) is 0 Å². The molecule has 2 rings (SSSR count). The normalized spacial score (nSPS) is 11.6. The Morgan fingerprint density at radius 1 is 1.22 bits per heavy atom. The average molecular weight is 328 g/mol. The van der Waals surface area contributed by atoms with Gasteiger partial charge in [0.15, 0.2) is 5.69 Å². The molecule has 124 valence electrons. The lowest BCUT2D eigenvalue weighted by atomic mass is 10.1. The van der Waals surface area contributed by atoms with Gasteiger partial charge in [-0.1, -0.05) is 0 Å². The number of aromatic carboxylic acids is 1. The van der Waals surface area contributed by atoms with Crippen molar-refractivity contribution in [3.63, 3.8) is 0 Å². The van der Waals surface area contributed by atoms with Gasteiger partial charge in [-0.05, 0) is 38.5 Å². The van der Waals surface area contributed by atoms with Crippen LogP contribution in [0.1, 0.15) is 33.0 Å². The Morgan fingerprint density at radius 3 is 2.13 bits per heavy atom. The first-order valence-electron chi connectivity index (χ1n) is 6.64. The van der Waals surface area contributed by atoms with Crippen LogP contribution in [0.2, 0.25) is 0 Å². The standard InChI is InChI=1S/C15H15F3N2O3/c1-7-5-6-8(2)20(7)12-9(3)10(15(16,17)18)13(23-4)19-11(12)14(21)22/h5-6H,1-4H3,(H,21,22). The highest BCUT2D eigenvalue weighted by Crippen LogP contribution is 2.41. The van der Waals surface area contributed by atoms with Gasteiger partial charge in [-0.15, -0.1) is 0 Å². The van der Waals surface area contributed by atoms with Gasteiger partial charge >= 0.3 is 12.1 Å². The number of hydrogen-bond donors (Lipinski definition) is 1. The summed E-state index contributed by atoms with van der Waals surface area (Å²) < 4.78 is 46.2. The zero-order chi connectivity index (χ0) is 17.5. The van der Waals surface area contributed by atoms with Crippen molar-refractivity contribution in [2.45, 2.75) is 26.9 Å². The maximum atomic E-state index is 13.4. The molecule has 2 aromatic heterocycles. The molecule has 0 fully saturated rings. The van der Waals surface area contributed by atoms with E-state index in [2.05, 4.69) is 9.72 Å². The summed E-state index contributed by atoms with van der Waals surface area (Å²) >= 11 is 0. The van der Waals surface area contributed by atoms with Crippen LogP contribution in [0, 0.1) is 20.8 Å². The minimum atomic E-state index is -4.72. The highest BCUT2D eigenvalue weighted by molar-refractivity contribution is 5.91. The van der Waals surface area contributed by atoms with Crippen LogP contribution in [0.3, 0.4) is 0 Å². The number of pyridine rings is 1. The Morgan fingerprint density at radius 2 is 1.74 bits per heavy atom. The summed E-state index contributed by atoms with van der Waals surface area (Å²) in [6.07, 6.45) is -4.72. The largest absolute Gasteiger partial charge is 0.481 e. The summed E-state index contributed by atoms with van der Waals surface area (Å²) in [5.74, 6) is -2.18. The topological polar surface area (TPSA) is 64.3 Å². The van der Waals surface area contributed by atoms with E-state index in [1.807, 2.05) is 0 Å². The maximum Gasteiger partial charge on any atom is 0.421 e. The van der Waals surface area contributed by atoms with Crippen LogP contribution in [0.4, 0.5) is 13.2 Å². The summed E-state index contributed by atoms with van der Waals surface area (Å²) in [6.45, 7) is 4.57. The SMILES string of the molecule is COc1nc(C(=O)O)c(-n2c(C)ccc2C)c(C)c1C(F)(F)F. The summed E-state index contributed by atoms with van der Waals surface area (Å²) in [7, 11) is 1.02. The quantitative estimate of drug-likeness (QED) is 0.936. The molecule has 0 radical (unpaired) electrons. The molecule has 0 saturated heterocycles. The van der Waals surface area contributed by atoms with Crippen LogP contribution in [0.15, 0.2) is 12.1 Å². The van der Waals surface area contributed by atoms with Crippen LogP contribution in [0.5, 0.6) is 5.88 Å². The van der Waals surface area contributed by atoms with Gasteiger partial charge in [0.25, 0.3) is 0 Å². The molecule has 0 unspecified atom stereocenters. The Balaban J connectivity index is 2.98. The monoisotopic (exact) mass is 328 g/mol. The van der Waals surface area contributed by atoms with Gasteiger partial charge in [-0.25, -0.2) is 9.78 Å². The zero-order valence-electron chi connectivity index (χ0n) is 12.9. The van der Waals surface area contributed by atoms with E-state index >= 15 is 0 Å². The van der Waals surface area contributed by atoms with Crippen LogP contribution in [-0.4, -0.2) is 27.7 Å². The Hall–Kier alpha value is -2.51. The summed E-state index contributed by atoms with van der Waals surface area (Å²) in [4.78, 5) is 15.1. The van der Waals surface area contributed by atoms with Crippen LogP contribution in [0.25, 0.3) is 5.69 Å². The molecule has 0 bridgehead atoms. The lowest BCUT2D eigenvalue weighted by Crippen LogP contribution is -2.19. The van der Waals surface area contributed by atoms with E-state index in [0.717, 1.165) is 7.11 Å². The van der Waals surface area contributed by atoms with Crippen LogP contribution in [-0.2, 0) is 6.18 Å². The third-order valence-corrected chi connectivity index (χ3v) is 3.56. The molecule has 0 aliphatic carbocycles. The summed E-state index contributed by atoms with van der Waals surface area (Å²) in [5, 5.41) is 9.37. The van der Waals surface area contributed by atoms with Crippen molar-refractivity contribution in [2.75, 3.05) is 7.11 Å². The number of nitrogens with zero attached hydrogens (tertiary/aromatic N) is 2. The fourth-order valence-electron chi connectivity index (χ4n) is 2.59. The number of carboxylic acid groups (broad SMARTS) is 1. The van der Waals surface area contributed by atoms with Gasteiger partial charge in [0, 0.05) is 11.4 Å². The van der Waals surface area contributed by atoms with Crippen molar-refractivity contribution in [1.82, 2.24) is 9.55 Å². The molecular weight excluding hydrogens is 313 g/mol. The number of methoxy groups -OCH3 is 1. The number of ether oxygens (including phenoxy) is 1. The fourth-order valence-corrected chi connectivity index (χ4v) is 2.59. The summed E-state index contributed by atoms with van der Waals surface area (Å²) in [6, 6.07) is 3.38. The molecule has 5 nitrogen and oxygen atoms in total. The van der Waals surface area contributed by atoms with E-state index in [-0.39, 0.29) is 11.3 Å². The highest BCUT2D eigenvalue weighted by Gasteiger charge is 2.40. The first-order chi connectivity index (χ1) is 10.6. The van der Waals surface area contributed by atoms with Gasteiger partial charge in [0.1, 0.15) is 5.56 Å². The molecular formula is C15H15F3N2O3. The first kappa shape index (κ1) is 16.9.